The third-order valence-electron chi connectivity index (χ3n) is 2.85. The summed E-state index contributed by atoms with van der Waals surface area (Å²) in [5, 5.41) is 0. The van der Waals surface area contributed by atoms with Gasteiger partial charge in [0.2, 0.25) is 0 Å². The lowest BCUT2D eigenvalue weighted by molar-refractivity contribution is 0.678. The van der Waals surface area contributed by atoms with Crippen molar-refractivity contribution >= 4 is 0 Å². The zero-order chi connectivity index (χ0) is 10.1. The van der Waals surface area contributed by atoms with E-state index in [1.54, 1.807) is 0 Å². The molecule has 2 rings (SSSR count). The molecule has 0 radical (unpaired) electrons. The molecule has 0 fully saturated rings. The van der Waals surface area contributed by atoms with Gasteiger partial charge in [-0.05, 0) is 13.8 Å². The highest BCUT2D eigenvalue weighted by Gasteiger charge is 2.20. The van der Waals surface area contributed by atoms with Crippen LogP contribution in [0.5, 0.6) is 0 Å². The molecule has 0 amide bonds. The average molecular weight is 184 g/mol. The Balaban J connectivity index is 2.14. The van der Waals surface area contributed by atoms with Crippen LogP contribution in [0.3, 0.4) is 0 Å². The zero-order valence-corrected chi connectivity index (χ0v) is 8.77. The molecule has 0 nitrogen and oxygen atoms in total. The number of hydrogen-bond acceptors (Lipinski definition) is 0. The first-order valence-corrected chi connectivity index (χ1v) is 5.07. The minimum absolute atomic E-state index is 0.118. The molecule has 0 saturated heterocycles. The summed E-state index contributed by atoms with van der Waals surface area (Å²) < 4.78 is 0. The third kappa shape index (κ3) is 1.79. The van der Waals surface area contributed by atoms with Crippen molar-refractivity contribution in [2.24, 2.45) is 10.8 Å². The van der Waals surface area contributed by atoms with E-state index in [0.717, 1.165) is 0 Å². The average Bonchev–Trinajstić information content (AvgIpc) is 2.74. The van der Waals surface area contributed by atoms with Crippen LogP contribution >= 0.6 is 0 Å². The van der Waals surface area contributed by atoms with E-state index in [4.69, 9.17) is 0 Å². The lowest BCUT2D eigenvalue weighted by Crippen LogP contribution is -2.07. The maximum absolute atomic E-state index is 2.27. The normalized spacial score (nSPS) is 25.6. The highest BCUT2D eigenvalue weighted by molar-refractivity contribution is 5.34. The Morgan fingerprint density at radius 2 is 0.929 bits per heavy atom. The Labute approximate surface area is 86.0 Å². The molecule has 0 spiro atoms. The molecule has 0 heteroatoms. The molecule has 2 aliphatic carbocycles. The number of hydrogen-bond donors (Lipinski definition) is 0. The van der Waals surface area contributed by atoms with Gasteiger partial charge in [-0.2, -0.15) is 0 Å². The first-order valence-electron chi connectivity index (χ1n) is 5.07. The van der Waals surface area contributed by atoms with Crippen LogP contribution in [0.15, 0.2) is 60.8 Å². The van der Waals surface area contributed by atoms with Crippen LogP contribution in [0, 0.1) is 10.8 Å². The summed E-state index contributed by atoms with van der Waals surface area (Å²) in [6, 6.07) is 0. The molecule has 0 aromatic rings. The van der Waals surface area contributed by atoms with Gasteiger partial charge in [-0.1, -0.05) is 60.8 Å². The Bertz CT molecular complexity index is 301. The second-order valence-corrected chi connectivity index (χ2v) is 4.50. The van der Waals surface area contributed by atoms with Crippen LogP contribution in [0.1, 0.15) is 13.8 Å². The molecule has 0 unspecified atom stereocenters. The lowest BCUT2D eigenvalue weighted by atomic mass is 9.86. The van der Waals surface area contributed by atoms with Gasteiger partial charge >= 0.3 is 0 Å². The minimum Gasteiger partial charge on any atom is -0.0739 e. The summed E-state index contributed by atoms with van der Waals surface area (Å²) >= 11 is 0. The summed E-state index contributed by atoms with van der Waals surface area (Å²) in [7, 11) is 0. The first kappa shape index (κ1) is 9.26. The molecular weight excluding hydrogens is 168 g/mol. The van der Waals surface area contributed by atoms with Gasteiger partial charge in [0, 0.05) is 10.8 Å². The van der Waals surface area contributed by atoms with E-state index >= 15 is 0 Å². The summed E-state index contributed by atoms with van der Waals surface area (Å²) in [5.74, 6) is 0. The van der Waals surface area contributed by atoms with E-state index in [2.05, 4.69) is 74.6 Å². The van der Waals surface area contributed by atoms with Crippen LogP contribution < -0.4 is 0 Å². The number of rotatable bonds is 2. The van der Waals surface area contributed by atoms with Crippen molar-refractivity contribution in [3.63, 3.8) is 0 Å². The second kappa shape index (κ2) is 3.13. The lowest BCUT2D eigenvalue weighted by Gasteiger charge is -2.18. The SMILES string of the molecule is CC1(C=CC2(C)C=CC=C2)C=CC=C1. The van der Waals surface area contributed by atoms with Crippen molar-refractivity contribution < 1.29 is 0 Å². The molecule has 0 bridgehead atoms. The maximum Gasteiger partial charge on any atom is 0.0220 e. The Hall–Kier alpha value is -1.30. The highest BCUT2D eigenvalue weighted by Crippen LogP contribution is 2.32. The fourth-order valence-corrected chi connectivity index (χ4v) is 1.74. The standard InChI is InChI=1S/C14H16/c1-13(7-3-4-8-13)11-12-14(2)9-5-6-10-14/h3-12H,1-2H3. The van der Waals surface area contributed by atoms with Crippen LogP contribution in [0.2, 0.25) is 0 Å². The van der Waals surface area contributed by atoms with E-state index in [1.807, 2.05) is 0 Å². The summed E-state index contributed by atoms with van der Waals surface area (Å²) in [6.45, 7) is 4.43. The Kier molecular flexibility index (Phi) is 2.07. The van der Waals surface area contributed by atoms with Crippen molar-refractivity contribution in [3.05, 3.63) is 60.8 Å². The zero-order valence-electron chi connectivity index (χ0n) is 8.77. The molecular formula is C14H16. The highest BCUT2D eigenvalue weighted by atomic mass is 14.2. The fraction of sp³-hybridized carbons (Fsp3) is 0.286. The fourth-order valence-electron chi connectivity index (χ4n) is 1.74. The monoisotopic (exact) mass is 184 g/mol. The molecule has 14 heavy (non-hydrogen) atoms. The Morgan fingerprint density at radius 3 is 1.21 bits per heavy atom. The molecule has 2 aliphatic rings. The predicted molar refractivity (Wildman–Crippen MR) is 61.9 cm³/mol. The third-order valence-corrected chi connectivity index (χ3v) is 2.85. The number of allylic oxidation sites excluding steroid dienone is 10. The van der Waals surface area contributed by atoms with Gasteiger partial charge in [-0.25, -0.2) is 0 Å². The van der Waals surface area contributed by atoms with Crippen LogP contribution in [0.4, 0.5) is 0 Å². The van der Waals surface area contributed by atoms with E-state index in [-0.39, 0.29) is 10.8 Å². The van der Waals surface area contributed by atoms with Gasteiger partial charge in [0.15, 0.2) is 0 Å². The van der Waals surface area contributed by atoms with E-state index in [9.17, 15) is 0 Å². The van der Waals surface area contributed by atoms with Crippen molar-refractivity contribution in [2.75, 3.05) is 0 Å². The smallest absolute Gasteiger partial charge is 0.0220 e. The van der Waals surface area contributed by atoms with Gasteiger partial charge in [-0.15, -0.1) is 0 Å². The summed E-state index contributed by atoms with van der Waals surface area (Å²) in [4.78, 5) is 0. The molecule has 72 valence electrons. The van der Waals surface area contributed by atoms with Gasteiger partial charge in [0.25, 0.3) is 0 Å². The molecule has 0 aromatic heterocycles. The predicted octanol–water partition coefficient (Wildman–Crippen LogP) is 3.81. The van der Waals surface area contributed by atoms with Crippen molar-refractivity contribution in [2.45, 2.75) is 13.8 Å². The first-order chi connectivity index (χ1) is 6.62. The van der Waals surface area contributed by atoms with Crippen LogP contribution in [0.25, 0.3) is 0 Å². The van der Waals surface area contributed by atoms with Crippen LogP contribution in [-0.2, 0) is 0 Å². The van der Waals surface area contributed by atoms with Crippen molar-refractivity contribution in [3.8, 4) is 0 Å². The summed E-state index contributed by atoms with van der Waals surface area (Å²) in [6.07, 6.45) is 21.8. The molecule has 0 atom stereocenters. The molecule has 0 aromatic carbocycles. The molecule has 0 aliphatic heterocycles. The largest absolute Gasteiger partial charge is 0.0739 e. The Morgan fingerprint density at radius 1 is 0.643 bits per heavy atom. The maximum atomic E-state index is 2.27. The van der Waals surface area contributed by atoms with E-state index in [0.29, 0.717) is 0 Å². The molecule has 0 N–H and O–H groups in total. The van der Waals surface area contributed by atoms with Gasteiger partial charge in [0.1, 0.15) is 0 Å². The quantitative estimate of drug-likeness (QED) is 0.572. The van der Waals surface area contributed by atoms with Crippen molar-refractivity contribution in [1.82, 2.24) is 0 Å². The van der Waals surface area contributed by atoms with E-state index in [1.165, 1.54) is 0 Å². The summed E-state index contributed by atoms with van der Waals surface area (Å²) in [5.41, 5.74) is 0.237. The molecule has 0 saturated carbocycles. The minimum atomic E-state index is 0.118. The van der Waals surface area contributed by atoms with Gasteiger partial charge in [0.05, 0.1) is 0 Å². The van der Waals surface area contributed by atoms with E-state index < -0.39 is 0 Å². The topological polar surface area (TPSA) is 0 Å². The van der Waals surface area contributed by atoms with Gasteiger partial charge < -0.3 is 0 Å². The van der Waals surface area contributed by atoms with Crippen molar-refractivity contribution in [1.29, 1.82) is 0 Å². The molecule has 0 heterocycles. The van der Waals surface area contributed by atoms with Gasteiger partial charge in [-0.3, -0.25) is 0 Å². The van der Waals surface area contributed by atoms with Crippen LogP contribution in [-0.4, -0.2) is 0 Å². The second-order valence-electron chi connectivity index (χ2n) is 4.50.